The molecular weight excluding hydrogens is 306 g/mol. The first-order valence-corrected chi connectivity index (χ1v) is 7.00. The second-order valence-electron chi connectivity index (χ2n) is 4.56. The van der Waals surface area contributed by atoms with Crippen molar-refractivity contribution in [2.75, 3.05) is 7.05 Å². The maximum absolute atomic E-state index is 5.81. The molecule has 3 nitrogen and oxygen atoms in total. The first-order valence-electron chi connectivity index (χ1n) is 6.21. The molecule has 0 amide bonds. The van der Waals surface area contributed by atoms with E-state index >= 15 is 0 Å². The smallest absolute Gasteiger partial charge is 0.146 e. The highest BCUT2D eigenvalue weighted by Gasteiger charge is 2.08. The molecule has 1 heterocycles. The quantitative estimate of drug-likeness (QED) is 0.904. The van der Waals surface area contributed by atoms with Crippen molar-refractivity contribution in [2.45, 2.75) is 27.0 Å². The number of ether oxygens (including phenoxy) is 1. The Morgan fingerprint density at radius 1 is 1.26 bits per heavy atom. The van der Waals surface area contributed by atoms with E-state index in [2.05, 4.69) is 35.1 Å². The fourth-order valence-electron chi connectivity index (χ4n) is 1.98. The number of benzene rings is 1. The molecule has 102 valence electrons. The summed E-state index contributed by atoms with van der Waals surface area (Å²) in [5.41, 5.74) is 3.47. The van der Waals surface area contributed by atoms with Crippen molar-refractivity contribution < 1.29 is 9.15 Å². The summed E-state index contributed by atoms with van der Waals surface area (Å²) < 4.78 is 12.4. The number of rotatable bonds is 5. The van der Waals surface area contributed by atoms with Gasteiger partial charge in [0.15, 0.2) is 0 Å². The van der Waals surface area contributed by atoms with Crippen LogP contribution in [0.25, 0.3) is 0 Å². The number of halogens is 1. The summed E-state index contributed by atoms with van der Waals surface area (Å²) in [5, 5.41) is 3.11. The van der Waals surface area contributed by atoms with Crippen LogP contribution in [0.5, 0.6) is 5.75 Å². The largest absolute Gasteiger partial charge is 0.486 e. The lowest BCUT2D eigenvalue weighted by Gasteiger charge is -2.10. The van der Waals surface area contributed by atoms with E-state index in [1.54, 1.807) is 6.26 Å². The Hall–Kier alpha value is -1.26. The number of hydrogen-bond donors (Lipinski definition) is 1. The van der Waals surface area contributed by atoms with Crippen molar-refractivity contribution in [1.29, 1.82) is 0 Å². The number of furan rings is 1. The Balaban J connectivity index is 2.08. The summed E-state index contributed by atoms with van der Waals surface area (Å²) in [4.78, 5) is 0. The fourth-order valence-corrected chi connectivity index (χ4v) is 2.21. The zero-order valence-electron chi connectivity index (χ0n) is 11.4. The van der Waals surface area contributed by atoms with Gasteiger partial charge in [-0.1, -0.05) is 15.9 Å². The molecule has 0 unspecified atom stereocenters. The Labute approximate surface area is 122 Å². The molecule has 0 radical (unpaired) electrons. The summed E-state index contributed by atoms with van der Waals surface area (Å²) in [6.45, 7) is 5.35. The minimum Gasteiger partial charge on any atom is -0.486 e. The maximum atomic E-state index is 5.81. The molecular formula is C15H18BrNO2. The third-order valence-electron chi connectivity index (χ3n) is 2.98. The topological polar surface area (TPSA) is 34.4 Å². The van der Waals surface area contributed by atoms with Crippen LogP contribution < -0.4 is 10.1 Å². The van der Waals surface area contributed by atoms with Gasteiger partial charge in [-0.05, 0) is 50.2 Å². The third-order valence-corrected chi connectivity index (χ3v) is 4.24. The Morgan fingerprint density at radius 3 is 2.58 bits per heavy atom. The first-order chi connectivity index (χ1) is 9.11. The molecule has 0 saturated heterocycles. The molecule has 0 saturated carbocycles. The molecule has 2 aromatic rings. The number of nitrogens with one attached hydrogen (secondary N) is 1. The summed E-state index contributed by atoms with van der Waals surface area (Å²) in [6, 6.07) is 6.02. The average molecular weight is 324 g/mol. The second kappa shape index (κ2) is 6.26. The molecule has 0 aliphatic carbocycles. The molecule has 0 bridgehead atoms. The minimum atomic E-state index is 0.449. The van der Waals surface area contributed by atoms with Crippen molar-refractivity contribution in [1.82, 2.24) is 5.32 Å². The molecule has 0 spiro atoms. The van der Waals surface area contributed by atoms with Gasteiger partial charge in [0.25, 0.3) is 0 Å². The van der Waals surface area contributed by atoms with Gasteiger partial charge in [-0.15, -0.1) is 0 Å². The van der Waals surface area contributed by atoms with Crippen molar-refractivity contribution in [3.63, 3.8) is 0 Å². The van der Waals surface area contributed by atoms with Gasteiger partial charge < -0.3 is 14.5 Å². The van der Waals surface area contributed by atoms with E-state index in [-0.39, 0.29) is 0 Å². The normalized spacial score (nSPS) is 10.7. The molecule has 0 aliphatic heterocycles. The molecule has 0 aliphatic rings. The van der Waals surface area contributed by atoms with E-state index in [9.17, 15) is 0 Å². The molecule has 4 heteroatoms. The van der Waals surface area contributed by atoms with Crippen molar-refractivity contribution in [3.05, 3.63) is 51.4 Å². The Kier molecular flexibility index (Phi) is 4.66. The van der Waals surface area contributed by atoms with Crippen LogP contribution in [0.3, 0.4) is 0 Å². The predicted octanol–water partition coefficient (Wildman–Crippen LogP) is 3.96. The first kappa shape index (κ1) is 14.2. The minimum absolute atomic E-state index is 0.449. The van der Waals surface area contributed by atoms with Gasteiger partial charge in [-0.2, -0.15) is 0 Å². The highest BCUT2D eigenvalue weighted by Crippen LogP contribution is 2.27. The van der Waals surface area contributed by atoms with Crippen LogP contribution >= 0.6 is 15.9 Å². The van der Waals surface area contributed by atoms with E-state index in [0.717, 1.165) is 28.1 Å². The van der Waals surface area contributed by atoms with Gasteiger partial charge >= 0.3 is 0 Å². The molecule has 1 aromatic carbocycles. The molecule has 19 heavy (non-hydrogen) atoms. The number of aryl methyl sites for hydroxylation is 2. The van der Waals surface area contributed by atoms with Crippen molar-refractivity contribution in [3.8, 4) is 5.75 Å². The van der Waals surface area contributed by atoms with E-state index < -0.39 is 0 Å². The summed E-state index contributed by atoms with van der Waals surface area (Å²) in [7, 11) is 1.92. The summed E-state index contributed by atoms with van der Waals surface area (Å²) >= 11 is 3.55. The highest BCUT2D eigenvalue weighted by molar-refractivity contribution is 9.10. The van der Waals surface area contributed by atoms with Crippen LogP contribution in [0.1, 0.15) is 22.5 Å². The van der Waals surface area contributed by atoms with Gasteiger partial charge in [-0.25, -0.2) is 0 Å². The standard InChI is InChI=1S/C15H18BrNO2/c1-10-6-13(7-11(2)15(10)16)19-9-14-12(8-17-3)4-5-18-14/h4-7,17H,8-9H2,1-3H3. The lowest BCUT2D eigenvalue weighted by molar-refractivity contribution is 0.268. The van der Waals surface area contributed by atoms with Crippen molar-refractivity contribution in [2.24, 2.45) is 0 Å². The van der Waals surface area contributed by atoms with Crippen LogP contribution in [-0.4, -0.2) is 7.05 Å². The molecule has 0 fully saturated rings. The van der Waals surface area contributed by atoms with Gasteiger partial charge in [0, 0.05) is 16.6 Å². The lowest BCUT2D eigenvalue weighted by atomic mass is 10.1. The van der Waals surface area contributed by atoms with E-state index in [4.69, 9.17) is 9.15 Å². The maximum Gasteiger partial charge on any atom is 0.146 e. The fraction of sp³-hybridized carbons (Fsp3) is 0.333. The van der Waals surface area contributed by atoms with Crippen LogP contribution in [0.2, 0.25) is 0 Å². The molecule has 0 atom stereocenters. The highest BCUT2D eigenvalue weighted by atomic mass is 79.9. The van der Waals surface area contributed by atoms with E-state index in [0.29, 0.717) is 6.61 Å². The SMILES string of the molecule is CNCc1ccoc1COc1cc(C)c(Br)c(C)c1. The van der Waals surface area contributed by atoms with Crippen LogP contribution in [0, 0.1) is 13.8 Å². The monoisotopic (exact) mass is 323 g/mol. The second-order valence-corrected chi connectivity index (χ2v) is 5.35. The van der Waals surface area contributed by atoms with Crippen LogP contribution in [-0.2, 0) is 13.2 Å². The van der Waals surface area contributed by atoms with Crippen LogP contribution in [0.4, 0.5) is 0 Å². The molecule has 1 N–H and O–H groups in total. The summed E-state index contributed by atoms with van der Waals surface area (Å²) in [5.74, 6) is 1.73. The Bertz CT molecular complexity index is 540. The lowest BCUT2D eigenvalue weighted by Crippen LogP contribution is -2.07. The van der Waals surface area contributed by atoms with Gasteiger partial charge in [0.2, 0.25) is 0 Å². The van der Waals surface area contributed by atoms with Crippen LogP contribution in [0.15, 0.2) is 33.4 Å². The average Bonchev–Trinajstić information content (AvgIpc) is 2.81. The molecule has 2 rings (SSSR count). The van der Waals surface area contributed by atoms with E-state index in [1.807, 2.05) is 25.2 Å². The van der Waals surface area contributed by atoms with Gasteiger partial charge in [0.1, 0.15) is 18.1 Å². The Morgan fingerprint density at radius 2 is 1.95 bits per heavy atom. The summed E-state index contributed by atoms with van der Waals surface area (Å²) in [6.07, 6.45) is 1.70. The molecule has 1 aromatic heterocycles. The predicted molar refractivity (Wildman–Crippen MR) is 79.4 cm³/mol. The van der Waals surface area contributed by atoms with Crippen molar-refractivity contribution >= 4 is 15.9 Å². The zero-order valence-corrected chi connectivity index (χ0v) is 13.0. The van der Waals surface area contributed by atoms with E-state index in [1.165, 1.54) is 11.1 Å². The van der Waals surface area contributed by atoms with Gasteiger partial charge in [0.05, 0.1) is 6.26 Å². The number of hydrogen-bond acceptors (Lipinski definition) is 3. The zero-order chi connectivity index (χ0) is 13.8. The third kappa shape index (κ3) is 3.39. The van der Waals surface area contributed by atoms with Gasteiger partial charge in [-0.3, -0.25) is 0 Å².